The molecule has 0 unspecified atom stereocenters. The minimum absolute atomic E-state index is 0.0556. The molecule has 11 heteroatoms. The lowest BCUT2D eigenvalue weighted by molar-refractivity contribution is 0.0958. The smallest absolute Gasteiger partial charge is 0.208 e. The van der Waals surface area contributed by atoms with E-state index in [1.807, 2.05) is 53.7 Å². The molecule has 0 fully saturated rings. The van der Waals surface area contributed by atoms with E-state index in [0.717, 1.165) is 23.1 Å². The normalized spacial score (nSPS) is 9.36. The summed E-state index contributed by atoms with van der Waals surface area (Å²) in [6.45, 7) is 11.4. The molecule has 0 saturated carbocycles. The Labute approximate surface area is 269 Å². The number of aryl methyl sites for hydroxylation is 1. The largest absolute Gasteiger partial charge is 0.497 e. The molecule has 2 aromatic carbocycles. The number of carbonyl (C=O) groups is 3. The minimum atomic E-state index is -2.91. The van der Waals surface area contributed by atoms with E-state index in [4.69, 9.17) is 20.8 Å². The molecule has 0 bridgehead atoms. The summed E-state index contributed by atoms with van der Waals surface area (Å²) in [5, 5.41) is 0.631. The number of benzene rings is 2. The Morgan fingerprint density at radius 2 is 1.27 bits per heavy atom. The Morgan fingerprint density at radius 3 is 1.61 bits per heavy atom. The molecular weight excluding hydrogens is 606 g/mol. The van der Waals surface area contributed by atoms with Crippen molar-refractivity contribution in [2.75, 3.05) is 34.6 Å². The molecular formula is C33H50ClNO8S. The molecule has 0 atom stereocenters. The fourth-order valence-corrected chi connectivity index (χ4v) is 2.98. The van der Waals surface area contributed by atoms with Crippen LogP contribution in [0, 0.1) is 6.92 Å². The van der Waals surface area contributed by atoms with Gasteiger partial charge in [-0.3, -0.25) is 14.4 Å². The first-order chi connectivity index (χ1) is 20.7. The quantitative estimate of drug-likeness (QED) is 0.243. The molecule has 0 spiro atoms. The van der Waals surface area contributed by atoms with E-state index < -0.39 is 10.0 Å². The van der Waals surface area contributed by atoms with Crippen LogP contribution in [0.5, 0.6) is 5.75 Å². The average Bonchev–Trinajstić information content (AvgIpc) is 3.57. The maximum atomic E-state index is 11.3. The standard InChI is InChI=1S/C10H11ClO.C10H12O2.C7H8O2.C2H7NO2S.C2H6O.C2H6/c1-3-10(12)8-4-7(2)5-9(11)6-8;1-3-10(11)8-4-6-9(12-2)7-5-8;1-2-6(8)7-4-3-5-9-7;1-3-6(2,4)5;1-3-2;1-2/h4-6H,3H2,1-2H3;4-7H,3H2,1-2H3;3-5H,2H2,1H3;3H,1-2H3;1-2H3;1-2H3. The van der Waals surface area contributed by atoms with Gasteiger partial charge in [-0.05, 0) is 74.1 Å². The van der Waals surface area contributed by atoms with E-state index in [2.05, 4.69) is 9.46 Å². The van der Waals surface area contributed by atoms with Crippen LogP contribution >= 0.6 is 11.6 Å². The zero-order valence-corrected chi connectivity index (χ0v) is 29.5. The Balaban J connectivity index is -0.000000497. The fourth-order valence-electron chi connectivity index (χ4n) is 2.69. The molecule has 3 rings (SSSR count). The summed E-state index contributed by atoms with van der Waals surface area (Å²) in [5.74, 6) is 1.60. The van der Waals surface area contributed by atoms with Crippen molar-refractivity contribution < 1.29 is 36.7 Å². The summed E-state index contributed by atoms with van der Waals surface area (Å²) in [6, 6.07) is 15.9. The van der Waals surface area contributed by atoms with Gasteiger partial charge in [0.25, 0.3) is 0 Å². The average molecular weight is 656 g/mol. The highest BCUT2D eigenvalue weighted by atomic mass is 35.5. The van der Waals surface area contributed by atoms with Crippen molar-refractivity contribution in [3.8, 4) is 5.75 Å². The molecule has 3 aromatic rings. The summed E-state index contributed by atoms with van der Waals surface area (Å²) >= 11 is 5.80. The lowest BCUT2D eigenvalue weighted by Crippen LogP contribution is -2.15. The number of Topliss-reactive ketones (excluding diaryl/α,β-unsaturated/α-hetero) is 3. The van der Waals surface area contributed by atoms with Gasteiger partial charge < -0.3 is 13.9 Å². The molecule has 0 saturated heterocycles. The molecule has 1 N–H and O–H groups in total. The first-order valence-electron chi connectivity index (χ1n) is 14.1. The van der Waals surface area contributed by atoms with Gasteiger partial charge in [-0.2, -0.15) is 0 Å². The highest BCUT2D eigenvalue weighted by Gasteiger charge is 2.04. The summed E-state index contributed by atoms with van der Waals surface area (Å²) in [5.41, 5.74) is 2.49. The van der Waals surface area contributed by atoms with Crippen LogP contribution in [0.2, 0.25) is 5.02 Å². The summed E-state index contributed by atoms with van der Waals surface area (Å²) in [4.78, 5) is 33.2. The third-order valence-electron chi connectivity index (χ3n) is 4.91. The Kier molecular flexibility index (Phi) is 27.9. The SMILES string of the molecule is CC.CCC(=O)c1cc(C)cc(Cl)c1.CCC(=O)c1ccc(OC)cc1.CCC(=O)c1ccco1.CNS(C)(=O)=O.COC. The van der Waals surface area contributed by atoms with Crippen LogP contribution < -0.4 is 9.46 Å². The second-order valence-corrected chi connectivity index (χ2v) is 10.8. The number of sulfonamides is 1. The van der Waals surface area contributed by atoms with Gasteiger partial charge in [-0.15, -0.1) is 0 Å². The highest BCUT2D eigenvalue weighted by molar-refractivity contribution is 7.88. The van der Waals surface area contributed by atoms with E-state index in [1.54, 1.807) is 63.8 Å². The van der Waals surface area contributed by atoms with Gasteiger partial charge in [0.2, 0.25) is 10.0 Å². The third kappa shape index (κ3) is 23.2. The number of hydrogen-bond donors (Lipinski definition) is 1. The van der Waals surface area contributed by atoms with Crippen LogP contribution in [0.1, 0.15) is 90.7 Å². The number of carbonyl (C=O) groups excluding carboxylic acids is 3. The molecule has 0 amide bonds. The fraction of sp³-hybridized carbons (Fsp3) is 0.424. The second kappa shape index (κ2) is 27.3. The number of rotatable bonds is 8. The molecule has 0 aliphatic rings. The maximum Gasteiger partial charge on any atom is 0.208 e. The molecule has 0 aliphatic carbocycles. The van der Waals surface area contributed by atoms with Crippen LogP contribution in [0.3, 0.4) is 0 Å². The van der Waals surface area contributed by atoms with E-state index in [1.165, 1.54) is 13.3 Å². The van der Waals surface area contributed by atoms with Crippen molar-refractivity contribution in [3.63, 3.8) is 0 Å². The molecule has 248 valence electrons. The van der Waals surface area contributed by atoms with E-state index in [0.29, 0.717) is 35.6 Å². The lowest BCUT2D eigenvalue weighted by Gasteiger charge is -2.00. The number of ether oxygens (including phenoxy) is 2. The van der Waals surface area contributed by atoms with Crippen molar-refractivity contribution in [1.82, 2.24) is 4.72 Å². The van der Waals surface area contributed by atoms with E-state index >= 15 is 0 Å². The Morgan fingerprint density at radius 1 is 0.818 bits per heavy atom. The number of nitrogens with one attached hydrogen (secondary N) is 1. The predicted octanol–water partition coefficient (Wildman–Crippen LogP) is 7.86. The van der Waals surface area contributed by atoms with Crippen LogP contribution in [0.15, 0.2) is 65.3 Å². The van der Waals surface area contributed by atoms with Crippen molar-refractivity contribution in [2.24, 2.45) is 0 Å². The summed E-state index contributed by atoms with van der Waals surface area (Å²) < 4.78 is 35.9. The highest BCUT2D eigenvalue weighted by Crippen LogP contribution is 2.15. The summed E-state index contributed by atoms with van der Waals surface area (Å²) in [7, 11) is 3.32. The van der Waals surface area contributed by atoms with Crippen molar-refractivity contribution >= 4 is 39.0 Å². The monoisotopic (exact) mass is 655 g/mol. The topological polar surface area (TPSA) is 129 Å². The van der Waals surface area contributed by atoms with Gasteiger partial charge in [0.05, 0.1) is 19.6 Å². The van der Waals surface area contributed by atoms with Crippen LogP contribution in [-0.4, -0.2) is 60.4 Å². The first kappa shape index (κ1) is 45.1. The Hall–Kier alpha value is -3.31. The van der Waals surface area contributed by atoms with Crippen LogP contribution in [0.4, 0.5) is 0 Å². The van der Waals surface area contributed by atoms with Crippen molar-refractivity contribution in [2.45, 2.75) is 60.8 Å². The number of halogens is 1. The molecule has 0 aliphatic heterocycles. The van der Waals surface area contributed by atoms with E-state index in [9.17, 15) is 22.8 Å². The zero-order chi connectivity index (χ0) is 34.7. The van der Waals surface area contributed by atoms with Crippen LogP contribution in [-0.2, 0) is 14.8 Å². The van der Waals surface area contributed by atoms with Gasteiger partial charge in [0.1, 0.15) is 5.75 Å². The molecule has 1 aromatic heterocycles. The molecule has 0 radical (unpaired) electrons. The number of hydrogen-bond acceptors (Lipinski definition) is 8. The molecule has 9 nitrogen and oxygen atoms in total. The molecule has 1 heterocycles. The van der Waals surface area contributed by atoms with Crippen molar-refractivity contribution in [1.29, 1.82) is 0 Å². The van der Waals surface area contributed by atoms with E-state index in [-0.39, 0.29) is 17.3 Å². The van der Waals surface area contributed by atoms with Crippen LogP contribution in [0.25, 0.3) is 0 Å². The van der Waals surface area contributed by atoms with Crippen molar-refractivity contribution in [3.05, 3.63) is 88.3 Å². The first-order valence-corrected chi connectivity index (χ1v) is 16.3. The van der Waals surface area contributed by atoms with Gasteiger partial charge in [-0.25, -0.2) is 13.1 Å². The Bertz CT molecular complexity index is 1270. The third-order valence-corrected chi connectivity index (χ3v) is 5.87. The molecule has 44 heavy (non-hydrogen) atoms. The lowest BCUT2D eigenvalue weighted by atomic mass is 10.1. The maximum absolute atomic E-state index is 11.3. The van der Waals surface area contributed by atoms with Gasteiger partial charge >= 0.3 is 0 Å². The number of methoxy groups -OCH3 is 2. The van der Waals surface area contributed by atoms with Gasteiger partial charge in [-0.1, -0.05) is 46.2 Å². The van der Waals surface area contributed by atoms with Gasteiger partial charge in [0.15, 0.2) is 23.1 Å². The summed E-state index contributed by atoms with van der Waals surface area (Å²) in [6.07, 6.45) is 4.19. The number of ketones is 3. The predicted molar refractivity (Wildman–Crippen MR) is 180 cm³/mol. The minimum Gasteiger partial charge on any atom is -0.497 e. The second-order valence-electron chi connectivity index (χ2n) is 8.44. The van der Waals surface area contributed by atoms with Gasteiger partial charge in [0, 0.05) is 49.6 Å². The number of furan rings is 1. The zero-order valence-electron chi connectivity index (χ0n) is 27.9.